The number of hydrogen-bond donors (Lipinski definition) is 1. The Labute approximate surface area is 150 Å². The molecule has 0 spiro atoms. The van der Waals surface area contributed by atoms with Crippen molar-refractivity contribution in [2.24, 2.45) is 0 Å². The molecule has 0 aliphatic carbocycles. The lowest BCUT2D eigenvalue weighted by Gasteiger charge is -2.07. The minimum absolute atomic E-state index is 0.166. The summed E-state index contributed by atoms with van der Waals surface area (Å²) in [4.78, 5) is 0. The number of benzene rings is 2. The van der Waals surface area contributed by atoms with Crippen molar-refractivity contribution in [2.45, 2.75) is 31.4 Å². The number of nitrogens with two attached hydrogens (primary N) is 1. The molecule has 1 aromatic heterocycles. The summed E-state index contributed by atoms with van der Waals surface area (Å²) in [5.74, 6) is 7.56. The molecule has 1 heterocycles. The quantitative estimate of drug-likeness (QED) is 0.538. The highest BCUT2D eigenvalue weighted by Gasteiger charge is 2.11. The zero-order valence-corrected chi connectivity index (χ0v) is 14.9. The van der Waals surface area contributed by atoms with Gasteiger partial charge in [-0.15, -0.1) is 10.2 Å². The van der Waals surface area contributed by atoms with Crippen molar-refractivity contribution in [1.82, 2.24) is 14.9 Å². The number of ether oxygens (including phenoxy) is 1. The van der Waals surface area contributed by atoms with Crippen LogP contribution in [0.15, 0.2) is 47.6 Å². The Bertz CT molecular complexity index is 844. The number of thioether (sulfide) groups is 1. The van der Waals surface area contributed by atoms with E-state index in [1.807, 2.05) is 0 Å². The lowest BCUT2D eigenvalue weighted by atomic mass is 10.1. The molecule has 0 amide bonds. The van der Waals surface area contributed by atoms with Gasteiger partial charge in [0.25, 0.3) is 0 Å². The lowest BCUT2D eigenvalue weighted by Crippen LogP contribution is -2.15. The molecule has 0 radical (unpaired) electrons. The monoisotopic (exact) mass is 358 g/mol. The highest BCUT2D eigenvalue weighted by Crippen LogP contribution is 2.22. The Morgan fingerprint density at radius 3 is 2.44 bits per heavy atom. The zero-order valence-electron chi connectivity index (χ0n) is 14.1. The van der Waals surface area contributed by atoms with Crippen molar-refractivity contribution >= 4 is 11.8 Å². The van der Waals surface area contributed by atoms with Gasteiger partial charge in [0.1, 0.15) is 18.2 Å². The first kappa shape index (κ1) is 17.3. The first-order chi connectivity index (χ1) is 12.0. The zero-order chi connectivity index (χ0) is 17.8. The molecular formula is C18H19FN4OS. The molecule has 0 unspecified atom stereocenters. The summed E-state index contributed by atoms with van der Waals surface area (Å²) >= 11 is 1.52. The maximum atomic E-state index is 12.9. The van der Waals surface area contributed by atoms with Crippen LogP contribution in [0, 0.1) is 19.7 Å². The molecular weight excluding hydrogens is 339 g/mol. The molecule has 2 aromatic carbocycles. The van der Waals surface area contributed by atoms with Gasteiger partial charge in [0.15, 0.2) is 5.82 Å². The third-order valence-electron chi connectivity index (χ3n) is 3.57. The van der Waals surface area contributed by atoms with Gasteiger partial charge in [0, 0.05) is 5.75 Å². The first-order valence-corrected chi connectivity index (χ1v) is 8.77. The normalized spacial score (nSPS) is 10.8. The van der Waals surface area contributed by atoms with E-state index in [1.165, 1.54) is 45.3 Å². The summed E-state index contributed by atoms with van der Waals surface area (Å²) in [7, 11) is 0. The maximum absolute atomic E-state index is 12.9. The number of aromatic nitrogens is 3. The molecule has 25 heavy (non-hydrogen) atoms. The van der Waals surface area contributed by atoms with E-state index in [1.54, 1.807) is 12.1 Å². The van der Waals surface area contributed by atoms with Gasteiger partial charge < -0.3 is 10.6 Å². The number of hydrogen-bond acceptors (Lipinski definition) is 5. The molecule has 0 fully saturated rings. The molecule has 0 atom stereocenters. The summed E-state index contributed by atoms with van der Waals surface area (Å²) in [6.07, 6.45) is 0. The highest BCUT2D eigenvalue weighted by molar-refractivity contribution is 7.98. The van der Waals surface area contributed by atoms with Crippen LogP contribution in [0.4, 0.5) is 4.39 Å². The van der Waals surface area contributed by atoms with Crippen LogP contribution in [-0.2, 0) is 12.4 Å². The van der Waals surface area contributed by atoms with Gasteiger partial charge in [-0.05, 0) is 43.7 Å². The van der Waals surface area contributed by atoms with Crippen molar-refractivity contribution in [2.75, 3.05) is 5.84 Å². The topological polar surface area (TPSA) is 66.0 Å². The Kier molecular flexibility index (Phi) is 5.23. The standard InChI is InChI=1S/C18H19FN4OS/c1-12-7-13(2)9-14(8-12)11-25-18-22-21-17(23(18)20)10-24-16-5-3-15(19)4-6-16/h3-9H,10-11,20H2,1-2H3. The minimum Gasteiger partial charge on any atom is -0.486 e. The number of aryl methyl sites for hydroxylation is 2. The van der Waals surface area contributed by atoms with Crippen molar-refractivity contribution < 1.29 is 9.13 Å². The molecule has 7 heteroatoms. The average molecular weight is 358 g/mol. The molecule has 130 valence electrons. The molecule has 2 N–H and O–H groups in total. The fraction of sp³-hybridized carbons (Fsp3) is 0.222. The van der Waals surface area contributed by atoms with Crippen molar-refractivity contribution in [1.29, 1.82) is 0 Å². The number of rotatable bonds is 6. The third kappa shape index (κ3) is 4.51. The Balaban J connectivity index is 1.61. The largest absolute Gasteiger partial charge is 0.486 e. The minimum atomic E-state index is -0.306. The van der Waals surface area contributed by atoms with E-state index in [4.69, 9.17) is 10.6 Å². The van der Waals surface area contributed by atoms with Crippen LogP contribution in [0.1, 0.15) is 22.5 Å². The molecule has 0 saturated heterocycles. The lowest BCUT2D eigenvalue weighted by molar-refractivity contribution is 0.291. The van der Waals surface area contributed by atoms with Gasteiger partial charge in [0.05, 0.1) is 0 Å². The molecule has 0 aliphatic rings. The summed E-state index contributed by atoms with van der Waals surface area (Å²) in [6.45, 7) is 4.33. The summed E-state index contributed by atoms with van der Waals surface area (Å²) in [5, 5.41) is 8.80. The summed E-state index contributed by atoms with van der Waals surface area (Å²) < 4.78 is 19.9. The second-order valence-corrected chi connectivity index (χ2v) is 6.74. The molecule has 0 aliphatic heterocycles. The fourth-order valence-corrected chi connectivity index (χ4v) is 3.29. The predicted molar refractivity (Wildman–Crippen MR) is 96.4 cm³/mol. The number of nitrogen functional groups attached to an aromatic ring is 1. The molecule has 3 rings (SSSR count). The van der Waals surface area contributed by atoms with Crippen molar-refractivity contribution in [3.8, 4) is 5.75 Å². The van der Waals surface area contributed by atoms with Gasteiger partial charge >= 0.3 is 0 Å². The first-order valence-electron chi connectivity index (χ1n) is 7.79. The molecule has 0 saturated carbocycles. The highest BCUT2D eigenvalue weighted by atomic mass is 32.2. The maximum Gasteiger partial charge on any atom is 0.210 e. The number of halogens is 1. The van der Waals surface area contributed by atoms with E-state index in [2.05, 4.69) is 42.2 Å². The van der Waals surface area contributed by atoms with Gasteiger partial charge in [0.2, 0.25) is 5.16 Å². The average Bonchev–Trinajstić information content (AvgIpc) is 2.92. The van der Waals surface area contributed by atoms with Crippen LogP contribution in [0.3, 0.4) is 0 Å². The van der Waals surface area contributed by atoms with Crippen LogP contribution < -0.4 is 10.6 Å². The second kappa shape index (κ2) is 7.57. The van der Waals surface area contributed by atoms with Crippen molar-refractivity contribution in [3.63, 3.8) is 0 Å². The summed E-state index contributed by atoms with van der Waals surface area (Å²) in [6, 6.07) is 12.2. The van der Waals surface area contributed by atoms with Gasteiger partial charge in [-0.3, -0.25) is 0 Å². The second-order valence-electron chi connectivity index (χ2n) is 5.80. The SMILES string of the molecule is Cc1cc(C)cc(CSc2nnc(COc3ccc(F)cc3)n2N)c1. The predicted octanol–water partition coefficient (Wildman–Crippen LogP) is 3.62. The van der Waals surface area contributed by atoms with Crippen LogP contribution in [0.5, 0.6) is 5.75 Å². The Hall–Kier alpha value is -2.54. The van der Waals surface area contributed by atoms with E-state index >= 15 is 0 Å². The Morgan fingerprint density at radius 2 is 1.76 bits per heavy atom. The van der Waals surface area contributed by atoms with E-state index in [0.29, 0.717) is 16.7 Å². The molecule has 0 bridgehead atoms. The Morgan fingerprint density at radius 1 is 1.08 bits per heavy atom. The van der Waals surface area contributed by atoms with E-state index in [9.17, 15) is 4.39 Å². The van der Waals surface area contributed by atoms with E-state index in [-0.39, 0.29) is 12.4 Å². The fourth-order valence-electron chi connectivity index (χ4n) is 2.48. The van der Waals surface area contributed by atoms with E-state index in [0.717, 1.165) is 5.75 Å². The smallest absolute Gasteiger partial charge is 0.210 e. The van der Waals surface area contributed by atoms with Crippen LogP contribution in [-0.4, -0.2) is 14.9 Å². The summed E-state index contributed by atoms with van der Waals surface area (Å²) in [5.41, 5.74) is 3.69. The van der Waals surface area contributed by atoms with Gasteiger partial charge in [-0.2, -0.15) is 0 Å². The van der Waals surface area contributed by atoms with Gasteiger partial charge in [-0.1, -0.05) is 41.1 Å². The van der Waals surface area contributed by atoms with Crippen LogP contribution in [0.2, 0.25) is 0 Å². The number of nitrogens with zero attached hydrogens (tertiary/aromatic N) is 3. The van der Waals surface area contributed by atoms with Crippen LogP contribution in [0.25, 0.3) is 0 Å². The molecule has 3 aromatic rings. The van der Waals surface area contributed by atoms with E-state index < -0.39 is 0 Å². The van der Waals surface area contributed by atoms with Gasteiger partial charge in [-0.25, -0.2) is 9.07 Å². The van der Waals surface area contributed by atoms with Crippen molar-refractivity contribution in [3.05, 3.63) is 70.8 Å². The third-order valence-corrected chi connectivity index (χ3v) is 4.58. The van der Waals surface area contributed by atoms with Crippen LogP contribution >= 0.6 is 11.8 Å². The molecule has 5 nitrogen and oxygen atoms in total.